The van der Waals surface area contributed by atoms with Crippen LogP contribution < -0.4 is 5.73 Å². The van der Waals surface area contributed by atoms with Gasteiger partial charge in [0.1, 0.15) is 5.78 Å². The van der Waals surface area contributed by atoms with Gasteiger partial charge in [0.2, 0.25) is 0 Å². The monoisotopic (exact) mass is 205 g/mol. The summed E-state index contributed by atoms with van der Waals surface area (Å²) in [6.07, 6.45) is 1.84. The summed E-state index contributed by atoms with van der Waals surface area (Å²) in [5, 5.41) is 0. The molecule has 0 radical (unpaired) electrons. The summed E-state index contributed by atoms with van der Waals surface area (Å²) < 4.78 is 0. The second-order valence-corrected chi connectivity index (χ2v) is 4.69. The van der Waals surface area contributed by atoms with Crippen LogP contribution in [0.15, 0.2) is 30.3 Å². The lowest BCUT2D eigenvalue weighted by Crippen LogP contribution is -2.32. The number of benzene rings is 1. The molecule has 1 aromatic rings. The number of carbonyl (C=O) groups is 1. The molecule has 82 valence electrons. The van der Waals surface area contributed by atoms with Gasteiger partial charge in [0.15, 0.2) is 0 Å². The van der Waals surface area contributed by atoms with Gasteiger partial charge in [-0.15, -0.1) is 0 Å². The Hall–Kier alpha value is -1.15. The Labute approximate surface area is 91.5 Å². The zero-order valence-electron chi connectivity index (χ0n) is 9.49. The van der Waals surface area contributed by atoms with E-state index in [2.05, 4.69) is 0 Å². The van der Waals surface area contributed by atoms with Gasteiger partial charge in [-0.1, -0.05) is 30.3 Å². The van der Waals surface area contributed by atoms with Crippen LogP contribution in [0.2, 0.25) is 0 Å². The van der Waals surface area contributed by atoms with Crippen molar-refractivity contribution in [3.05, 3.63) is 35.9 Å². The molecule has 0 bridgehead atoms. The molecule has 0 saturated heterocycles. The van der Waals surface area contributed by atoms with Crippen LogP contribution in [-0.2, 0) is 11.2 Å². The van der Waals surface area contributed by atoms with Gasteiger partial charge in [-0.25, -0.2) is 0 Å². The maximum absolute atomic E-state index is 11.6. The van der Waals surface area contributed by atoms with Crippen molar-refractivity contribution in [3.8, 4) is 0 Å². The number of carbonyl (C=O) groups excluding carboxylic acids is 1. The van der Waals surface area contributed by atoms with Crippen LogP contribution in [0, 0.1) is 0 Å². The first kappa shape index (κ1) is 11.9. The van der Waals surface area contributed by atoms with E-state index < -0.39 is 0 Å². The van der Waals surface area contributed by atoms with Crippen molar-refractivity contribution in [2.45, 2.75) is 38.6 Å². The molecule has 0 fully saturated rings. The fourth-order valence-corrected chi connectivity index (χ4v) is 1.37. The van der Waals surface area contributed by atoms with E-state index in [9.17, 15) is 4.79 Å². The third-order valence-electron chi connectivity index (χ3n) is 2.29. The molecule has 2 heteroatoms. The predicted molar refractivity (Wildman–Crippen MR) is 62.7 cm³/mol. The molecule has 0 aliphatic carbocycles. The highest BCUT2D eigenvalue weighted by Gasteiger charge is 2.13. The Morgan fingerprint density at radius 1 is 1.27 bits per heavy atom. The molecule has 0 amide bonds. The van der Waals surface area contributed by atoms with Gasteiger partial charge in [-0.3, -0.25) is 4.79 Å². The van der Waals surface area contributed by atoms with Crippen LogP contribution in [0.25, 0.3) is 0 Å². The highest BCUT2D eigenvalue weighted by atomic mass is 16.1. The topological polar surface area (TPSA) is 43.1 Å². The Kier molecular flexibility index (Phi) is 4.04. The largest absolute Gasteiger partial charge is 0.326 e. The number of hydrogen-bond donors (Lipinski definition) is 1. The maximum Gasteiger partial charge on any atom is 0.137 e. The molecule has 0 aliphatic rings. The Bertz CT molecular complexity index is 311. The third kappa shape index (κ3) is 5.33. The molecule has 0 unspecified atom stereocenters. The van der Waals surface area contributed by atoms with Gasteiger partial charge in [0.25, 0.3) is 0 Å². The first-order valence-electron chi connectivity index (χ1n) is 5.32. The zero-order chi connectivity index (χ0) is 11.3. The number of ketones is 1. The number of Topliss-reactive ketones (excluding diaryl/α,β-unsaturated/α-hetero) is 1. The lowest BCUT2D eigenvalue weighted by molar-refractivity contribution is -0.118. The van der Waals surface area contributed by atoms with Crippen molar-refractivity contribution in [1.29, 1.82) is 0 Å². The summed E-state index contributed by atoms with van der Waals surface area (Å²) in [5.74, 6) is 0.264. The van der Waals surface area contributed by atoms with Crippen LogP contribution in [0.1, 0.15) is 32.3 Å². The normalized spacial score (nSPS) is 11.4. The summed E-state index contributed by atoms with van der Waals surface area (Å²) in [6.45, 7) is 3.89. The second kappa shape index (κ2) is 5.08. The van der Waals surface area contributed by atoms with E-state index in [-0.39, 0.29) is 11.3 Å². The van der Waals surface area contributed by atoms with Gasteiger partial charge in [-0.2, -0.15) is 0 Å². The van der Waals surface area contributed by atoms with Crippen molar-refractivity contribution in [2.24, 2.45) is 5.73 Å². The minimum Gasteiger partial charge on any atom is -0.326 e. The molecule has 0 saturated carbocycles. The lowest BCUT2D eigenvalue weighted by atomic mass is 9.96. The standard InChI is InChI=1S/C13H19NO/c1-13(2,14)9-8-12(15)10-11-6-4-3-5-7-11/h3-7H,8-10,14H2,1-2H3. The summed E-state index contributed by atoms with van der Waals surface area (Å²) >= 11 is 0. The van der Waals surface area contributed by atoms with Crippen molar-refractivity contribution in [2.75, 3.05) is 0 Å². The van der Waals surface area contributed by atoms with E-state index in [1.807, 2.05) is 44.2 Å². The van der Waals surface area contributed by atoms with Crippen molar-refractivity contribution in [3.63, 3.8) is 0 Å². The molecule has 0 spiro atoms. The highest BCUT2D eigenvalue weighted by Crippen LogP contribution is 2.09. The molecule has 0 atom stereocenters. The average Bonchev–Trinajstić information content (AvgIpc) is 2.15. The summed E-state index contributed by atoms with van der Waals surface area (Å²) in [4.78, 5) is 11.6. The SMILES string of the molecule is CC(C)(N)CCC(=O)Cc1ccccc1. The average molecular weight is 205 g/mol. The van der Waals surface area contributed by atoms with Gasteiger partial charge in [0.05, 0.1) is 0 Å². The van der Waals surface area contributed by atoms with Crippen molar-refractivity contribution in [1.82, 2.24) is 0 Å². The fourth-order valence-electron chi connectivity index (χ4n) is 1.37. The number of hydrogen-bond acceptors (Lipinski definition) is 2. The van der Waals surface area contributed by atoms with Crippen LogP contribution >= 0.6 is 0 Å². The fraction of sp³-hybridized carbons (Fsp3) is 0.462. The Morgan fingerprint density at radius 2 is 1.87 bits per heavy atom. The molecule has 0 heterocycles. The van der Waals surface area contributed by atoms with Crippen LogP contribution in [0.4, 0.5) is 0 Å². The summed E-state index contributed by atoms with van der Waals surface area (Å²) in [7, 11) is 0. The molecule has 2 N–H and O–H groups in total. The first-order chi connectivity index (χ1) is 6.97. The smallest absolute Gasteiger partial charge is 0.137 e. The van der Waals surface area contributed by atoms with Crippen LogP contribution in [0.3, 0.4) is 0 Å². The van der Waals surface area contributed by atoms with E-state index in [1.54, 1.807) is 0 Å². The molecule has 1 aromatic carbocycles. The molecule has 1 rings (SSSR count). The van der Waals surface area contributed by atoms with E-state index in [4.69, 9.17) is 5.73 Å². The lowest BCUT2D eigenvalue weighted by Gasteiger charge is -2.17. The Balaban J connectivity index is 2.38. The van der Waals surface area contributed by atoms with Gasteiger partial charge < -0.3 is 5.73 Å². The van der Waals surface area contributed by atoms with Crippen molar-refractivity contribution >= 4 is 5.78 Å². The molecule has 2 nitrogen and oxygen atoms in total. The maximum atomic E-state index is 11.6. The van der Waals surface area contributed by atoms with Crippen molar-refractivity contribution < 1.29 is 4.79 Å². The number of nitrogens with two attached hydrogens (primary N) is 1. The van der Waals surface area contributed by atoms with Crippen LogP contribution in [0.5, 0.6) is 0 Å². The van der Waals surface area contributed by atoms with Crippen LogP contribution in [-0.4, -0.2) is 11.3 Å². The van der Waals surface area contributed by atoms with Gasteiger partial charge >= 0.3 is 0 Å². The van der Waals surface area contributed by atoms with E-state index in [0.717, 1.165) is 12.0 Å². The molecular formula is C13H19NO. The predicted octanol–water partition coefficient (Wildman–Crippen LogP) is 2.32. The summed E-state index contributed by atoms with van der Waals surface area (Å²) in [6, 6.07) is 9.82. The Morgan fingerprint density at radius 3 is 2.40 bits per heavy atom. The molecule has 0 aliphatic heterocycles. The third-order valence-corrected chi connectivity index (χ3v) is 2.29. The van der Waals surface area contributed by atoms with E-state index in [1.165, 1.54) is 0 Å². The summed E-state index contributed by atoms with van der Waals surface area (Å²) in [5.41, 5.74) is 6.66. The van der Waals surface area contributed by atoms with E-state index in [0.29, 0.717) is 12.8 Å². The van der Waals surface area contributed by atoms with Gasteiger partial charge in [0, 0.05) is 18.4 Å². The minimum atomic E-state index is -0.244. The molecule has 0 aromatic heterocycles. The van der Waals surface area contributed by atoms with E-state index >= 15 is 0 Å². The molecular weight excluding hydrogens is 186 g/mol. The molecule has 15 heavy (non-hydrogen) atoms. The van der Waals surface area contributed by atoms with Gasteiger partial charge in [-0.05, 0) is 25.8 Å². The quantitative estimate of drug-likeness (QED) is 0.801. The zero-order valence-corrected chi connectivity index (χ0v) is 9.49. The first-order valence-corrected chi connectivity index (χ1v) is 5.32. The minimum absolute atomic E-state index is 0.244. The second-order valence-electron chi connectivity index (χ2n) is 4.69. The number of rotatable bonds is 5. The highest BCUT2D eigenvalue weighted by molar-refractivity contribution is 5.80.